The Morgan fingerprint density at radius 3 is 2.58 bits per heavy atom. The molecule has 2 aliphatic heterocycles. The van der Waals surface area contributed by atoms with Gasteiger partial charge in [0.25, 0.3) is 0 Å². The largest absolute Gasteiger partial charge is 0.339 e. The zero-order valence-electron chi connectivity index (χ0n) is 18.5. The minimum absolute atomic E-state index is 0.0000363. The lowest BCUT2D eigenvalue weighted by Gasteiger charge is -2.34. The van der Waals surface area contributed by atoms with Crippen LogP contribution in [0.4, 0.5) is 26.9 Å². The molecule has 2 aliphatic rings. The highest BCUT2D eigenvalue weighted by atomic mass is 16.2. The molecule has 0 bridgehead atoms. The van der Waals surface area contributed by atoms with Crippen LogP contribution in [0.2, 0.25) is 0 Å². The predicted molar refractivity (Wildman–Crippen MR) is 124 cm³/mol. The van der Waals surface area contributed by atoms with Crippen molar-refractivity contribution in [3.63, 3.8) is 0 Å². The van der Waals surface area contributed by atoms with E-state index < -0.39 is 6.03 Å². The van der Waals surface area contributed by atoms with Crippen LogP contribution in [0.1, 0.15) is 13.3 Å². The van der Waals surface area contributed by atoms with Gasteiger partial charge in [-0.1, -0.05) is 6.07 Å². The molecule has 3 heterocycles. The number of aromatic nitrogens is 2. The Morgan fingerprint density at radius 2 is 1.88 bits per heavy atom. The minimum Gasteiger partial charge on any atom is -0.339 e. The third kappa shape index (κ3) is 5.48. The molecular weight excluding hydrogens is 424 g/mol. The molecule has 1 unspecified atom stereocenters. The molecule has 1 aromatic heterocycles. The first-order valence-corrected chi connectivity index (χ1v) is 11.0. The summed E-state index contributed by atoms with van der Waals surface area (Å²) in [7, 11) is 0. The van der Waals surface area contributed by atoms with Crippen LogP contribution < -0.4 is 25.8 Å². The Labute approximate surface area is 192 Å². The molecule has 2 aromatic rings. The highest BCUT2D eigenvalue weighted by molar-refractivity contribution is 5.96. The summed E-state index contributed by atoms with van der Waals surface area (Å²) in [5.41, 5.74) is 1.29. The molecule has 3 N–H and O–H groups in total. The highest BCUT2D eigenvalue weighted by Gasteiger charge is 2.28. The van der Waals surface area contributed by atoms with E-state index in [2.05, 4.69) is 30.8 Å². The van der Waals surface area contributed by atoms with Crippen molar-refractivity contribution in [3.05, 3.63) is 42.7 Å². The lowest BCUT2D eigenvalue weighted by Crippen LogP contribution is -2.49. The molecule has 0 radical (unpaired) electrons. The monoisotopic (exact) mass is 452 g/mol. The lowest BCUT2D eigenvalue weighted by molar-refractivity contribution is -0.131. The number of piperazine rings is 1. The average Bonchev–Trinajstić information content (AvgIpc) is 3.17. The molecule has 174 valence electrons. The third-order valence-electron chi connectivity index (χ3n) is 5.68. The molecule has 2 saturated heterocycles. The van der Waals surface area contributed by atoms with Crippen molar-refractivity contribution in [3.8, 4) is 0 Å². The zero-order chi connectivity index (χ0) is 23.2. The second-order valence-corrected chi connectivity index (χ2v) is 8.00. The number of hydrogen-bond donors (Lipinski definition) is 3. The number of carbonyl (C=O) groups is 3. The van der Waals surface area contributed by atoms with Gasteiger partial charge in [-0.3, -0.25) is 9.69 Å². The first kappa shape index (κ1) is 22.3. The van der Waals surface area contributed by atoms with E-state index in [4.69, 9.17) is 0 Å². The summed E-state index contributed by atoms with van der Waals surface area (Å²) < 4.78 is 0. The van der Waals surface area contributed by atoms with E-state index in [9.17, 15) is 14.4 Å². The van der Waals surface area contributed by atoms with Gasteiger partial charge in [0, 0.05) is 69.5 Å². The Kier molecular flexibility index (Phi) is 6.86. The van der Waals surface area contributed by atoms with Crippen LogP contribution in [-0.2, 0) is 4.79 Å². The van der Waals surface area contributed by atoms with Crippen LogP contribution in [0.25, 0.3) is 0 Å². The van der Waals surface area contributed by atoms with Crippen molar-refractivity contribution in [1.82, 2.24) is 25.5 Å². The van der Waals surface area contributed by atoms with Crippen LogP contribution in [-0.4, -0.2) is 78.1 Å². The fourth-order valence-electron chi connectivity index (χ4n) is 3.94. The number of nitrogens with zero attached hydrogens (tertiary/aromatic N) is 5. The van der Waals surface area contributed by atoms with Crippen molar-refractivity contribution in [2.75, 3.05) is 54.4 Å². The summed E-state index contributed by atoms with van der Waals surface area (Å²) in [6, 6.07) is 8.37. The van der Waals surface area contributed by atoms with Gasteiger partial charge in [0.05, 0.1) is 6.04 Å². The molecule has 0 spiro atoms. The maximum Gasteiger partial charge on any atom is 0.322 e. The Balaban J connectivity index is 1.20. The molecule has 1 aromatic carbocycles. The first-order valence-electron chi connectivity index (χ1n) is 11.0. The smallest absolute Gasteiger partial charge is 0.322 e. The van der Waals surface area contributed by atoms with Crippen molar-refractivity contribution >= 4 is 35.3 Å². The Hall–Kier alpha value is -3.89. The summed E-state index contributed by atoms with van der Waals surface area (Å²) in [5.74, 6) is 0.673. The molecule has 1 atom stereocenters. The van der Waals surface area contributed by atoms with Crippen LogP contribution in [0, 0.1) is 0 Å². The van der Waals surface area contributed by atoms with Gasteiger partial charge < -0.3 is 25.8 Å². The molecule has 2 fully saturated rings. The fraction of sp³-hybridized carbons (Fsp3) is 0.409. The average molecular weight is 453 g/mol. The summed E-state index contributed by atoms with van der Waals surface area (Å²) >= 11 is 0. The van der Waals surface area contributed by atoms with Gasteiger partial charge in [0.1, 0.15) is 0 Å². The zero-order valence-corrected chi connectivity index (χ0v) is 18.5. The highest BCUT2D eigenvalue weighted by Crippen LogP contribution is 2.23. The number of nitrogens with one attached hydrogen (secondary N) is 3. The van der Waals surface area contributed by atoms with Gasteiger partial charge in [-0.05, 0) is 31.2 Å². The van der Waals surface area contributed by atoms with E-state index in [1.165, 1.54) is 0 Å². The van der Waals surface area contributed by atoms with Gasteiger partial charge in [-0.2, -0.15) is 0 Å². The molecular formula is C22H28N8O3. The minimum atomic E-state index is -0.398. The normalized spacial score (nSPS) is 18.2. The molecule has 11 nitrogen and oxygen atoms in total. The maximum absolute atomic E-state index is 12.5. The van der Waals surface area contributed by atoms with Crippen LogP contribution in [0.5, 0.6) is 0 Å². The summed E-state index contributed by atoms with van der Waals surface area (Å²) in [6.07, 6.45) is 3.63. The van der Waals surface area contributed by atoms with Crippen molar-refractivity contribution in [1.29, 1.82) is 0 Å². The Morgan fingerprint density at radius 1 is 1.12 bits per heavy atom. The van der Waals surface area contributed by atoms with Gasteiger partial charge in [0.2, 0.25) is 11.9 Å². The van der Waals surface area contributed by atoms with E-state index in [-0.39, 0.29) is 30.9 Å². The van der Waals surface area contributed by atoms with Crippen molar-refractivity contribution in [2.24, 2.45) is 0 Å². The molecule has 0 aliphatic carbocycles. The van der Waals surface area contributed by atoms with Gasteiger partial charge in [-0.15, -0.1) is 0 Å². The second kappa shape index (κ2) is 10.2. The predicted octanol–water partition coefficient (Wildman–Crippen LogP) is 1.26. The van der Waals surface area contributed by atoms with Gasteiger partial charge >= 0.3 is 12.1 Å². The van der Waals surface area contributed by atoms with Crippen LogP contribution >= 0.6 is 0 Å². The standard InChI is InChI=1S/C22H28N8O3/c1-16-15-26-22(33)30(16)18-5-2-4-17(14-18)27-21(32)25-9-6-19(31)28-10-12-29(13-11-28)20-23-7-3-8-24-20/h2-5,7-8,14,16H,6,9-13,15H2,1H3,(H,26,33)(H2,25,27,32). The quantitative estimate of drug-likeness (QED) is 0.606. The first-order chi connectivity index (χ1) is 16.0. The molecule has 11 heteroatoms. The second-order valence-electron chi connectivity index (χ2n) is 8.00. The van der Waals surface area contributed by atoms with Crippen molar-refractivity contribution < 1.29 is 14.4 Å². The van der Waals surface area contributed by atoms with E-state index in [0.717, 1.165) is 0 Å². The number of amides is 5. The van der Waals surface area contributed by atoms with Crippen LogP contribution in [0.15, 0.2) is 42.7 Å². The number of anilines is 3. The summed E-state index contributed by atoms with van der Waals surface area (Å²) in [4.78, 5) is 50.8. The van der Waals surface area contributed by atoms with Crippen molar-refractivity contribution in [2.45, 2.75) is 19.4 Å². The summed E-state index contributed by atoms with van der Waals surface area (Å²) in [6.45, 7) is 5.31. The number of carbonyl (C=O) groups excluding carboxylic acids is 3. The number of rotatable bonds is 6. The molecule has 5 amide bonds. The number of benzene rings is 1. The van der Waals surface area contributed by atoms with Gasteiger partial charge in [0.15, 0.2) is 0 Å². The molecule has 0 saturated carbocycles. The third-order valence-corrected chi connectivity index (χ3v) is 5.68. The van der Waals surface area contributed by atoms with E-state index in [1.54, 1.807) is 46.5 Å². The number of hydrogen-bond acceptors (Lipinski definition) is 6. The number of urea groups is 2. The topological polar surface area (TPSA) is 123 Å². The Bertz CT molecular complexity index is 994. The van der Waals surface area contributed by atoms with Gasteiger partial charge in [-0.25, -0.2) is 19.6 Å². The van der Waals surface area contributed by atoms with E-state index in [0.29, 0.717) is 50.0 Å². The van der Waals surface area contributed by atoms with E-state index in [1.807, 2.05) is 13.0 Å². The molecule has 33 heavy (non-hydrogen) atoms. The van der Waals surface area contributed by atoms with E-state index >= 15 is 0 Å². The SMILES string of the molecule is CC1CNC(=O)N1c1cccc(NC(=O)NCCC(=O)N2CCN(c3ncccn3)CC2)c1. The molecule has 4 rings (SSSR count). The summed E-state index contributed by atoms with van der Waals surface area (Å²) in [5, 5.41) is 8.28. The fourth-order valence-corrected chi connectivity index (χ4v) is 3.94. The lowest BCUT2D eigenvalue weighted by atomic mass is 10.2. The maximum atomic E-state index is 12.5. The van der Waals surface area contributed by atoms with Crippen LogP contribution in [0.3, 0.4) is 0 Å².